The first-order valence-electron chi connectivity index (χ1n) is 24.7. The van der Waals surface area contributed by atoms with E-state index in [1.807, 2.05) is 48.6 Å². The van der Waals surface area contributed by atoms with Gasteiger partial charge in [0, 0.05) is 6.42 Å². The summed E-state index contributed by atoms with van der Waals surface area (Å²) in [5, 5.41) is 23.7. The lowest BCUT2D eigenvalue weighted by Crippen LogP contribution is -2.46. The smallest absolute Gasteiger partial charge is 0.306 e. The van der Waals surface area contributed by atoms with Gasteiger partial charge in [-0.2, -0.15) is 0 Å². The second-order valence-electron chi connectivity index (χ2n) is 16.2. The number of allylic oxidation sites excluding steroid dienone is 18. The summed E-state index contributed by atoms with van der Waals surface area (Å²) in [7, 11) is 0. The summed E-state index contributed by atoms with van der Waals surface area (Å²) in [6.07, 6.45) is 64.3. The van der Waals surface area contributed by atoms with Crippen molar-refractivity contribution in [3.8, 4) is 0 Å². The Morgan fingerprint density at radius 1 is 0.508 bits per heavy atom. The first-order chi connectivity index (χ1) is 30.0. The summed E-state index contributed by atoms with van der Waals surface area (Å²) in [4.78, 5) is 26.1. The van der Waals surface area contributed by atoms with Crippen molar-refractivity contribution in [3.05, 3.63) is 109 Å². The molecule has 3 atom stereocenters. The van der Waals surface area contributed by atoms with Crippen LogP contribution >= 0.6 is 0 Å². The lowest BCUT2D eigenvalue weighted by molar-refractivity contribution is -0.151. The van der Waals surface area contributed by atoms with Gasteiger partial charge in [-0.15, -0.1) is 0 Å². The number of aliphatic hydroxyl groups is 2. The third-order valence-electron chi connectivity index (χ3n) is 10.5. The highest BCUT2D eigenvalue weighted by atomic mass is 16.5. The van der Waals surface area contributed by atoms with Gasteiger partial charge in [-0.05, 0) is 77.0 Å². The van der Waals surface area contributed by atoms with E-state index < -0.39 is 18.2 Å². The summed E-state index contributed by atoms with van der Waals surface area (Å²) in [6.45, 7) is 6.18. The average Bonchev–Trinajstić information content (AvgIpc) is 3.25. The standard InChI is InChI=1S/C55H91NO5/c1-4-7-10-13-16-19-22-25-26-27-30-33-36-39-42-45-48-55(60)61-51(46-43-40-37-34-31-28-23-20-17-14-11-8-5-2)49-54(59)56-52(50-57)53(58)47-44-41-38-35-32-29-24-21-18-15-12-9-6-3/h7-8,10-11,14,16-17,19-20,23,25-26,28,30-31,33-34,37,51-53,57-58H,4-6,9,12-13,15,18,21-22,24,27,29,32,35-36,38-50H2,1-3H3,(H,56,59)/b10-7+,11-8+,17-14+,19-16+,23-20-,26-25+,31-28-,33-30+,37-34+. The molecule has 0 aromatic rings. The summed E-state index contributed by atoms with van der Waals surface area (Å²) in [6, 6.07) is -0.738. The highest BCUT2D eigenvalue weighted by molar-refractivity contribution is 5.77. The number of unbranched alkanes of at least 4 members (excludes halogenated alkanes) is 16. The van der Waals surface area contributed by atoms with Crippen LogP contribution in [0, 0.1) is 0 Å². The molecule has 0 aromatic carbocycles. The molecule has 3 unspecified atom stereocenters. The molecule has 0 saturated heterocycles. The number of carbonyl (C=O) groups is 2. The molecule has 6 nitrogen and oxygen atoms in total. The molecule has 0 radical (unpaired) electrons. The zero-order valence-corrected chi connectivity index (χ0v) is 39.2. The van der Waals surface area contributed by atoms with Crippen molar-refractivity contribution < 1.29 is 24.5 Å². The molecule has 0 aliphatic carbocycles. The minimum Gasteiger partial charge on any atom is -0.462 e. The lowest BCUT2D eigenvalue weighted by atomic mass is 10.0. The quantitative estimate of drug-likeness (QED) is 0.0246. The number of aliphatic hydroxyl groups excluding tert-OH is 2. The fourth-order valence-electron chi connectivity index (χ4n) is 6.80. The lowest BCUT2D eigenvalue weighted by Gasteiger charge is -2.24. The van der Waals surface area contributed by atoms with Crippen LogP contribution in [0.5, 0.6) is 0 Å². The van der Waals surface area contributed by atoms with E-state index in [1.54, 1.807) is 0 Å². The number of esters is 1. The van der Waals surface area contributed by atoms with E-state index in [4.69, 9.17) is 4.74 Å². The normalized spacial score (nSPS) is 14.2. The largest absolute Gasteiger partial charge is 0.462 e. The molecule has 0 rings (SSSR count). The van der Waals surface area contributed by atoms with Crippen LogP contribution in [0.1, 0.15) is 201 Å². The van der Waals surface area contributed by atoms with Crippen LogP contribution in [0.4, 0.5) is 0 Å². The average molecular weight is 846 g/mol. The van der Waals surface area contributed by atoms with Gasteiger partial charge < -0.3 is 20.3 Å². The maximum Gasteiger partial charge on any atom is 0.306 e. The predicted octanol–water partition coefficient (Wildman–Crippen LogP) is 14.7. The second-order valence-corrected chi connectivity index (χ2v) is 16.2. The first-order valence-corrected chi connectivity index (χ1v) is 24.7. The third kappa shape index (κ3) is 43.0. The van der Waals surface area contributed by atoms with E-state index in [0.717, 1.165) is 89.9 Å². The van der Waals surface area contributed by atoms with Crippen LogP contribution in [0.15, 0.2) is 109 Å². The van der Waals surface area contributed by atoms with E-state index in [9.17, 15) is 19.8 Å². The summed E-state index contributed by atoms with van der Waals surface area (Å²) >= 11 is 0. The minimum absolute atomic E-state index is 0.00883. The van der Waals surface area contributed by atoms with Crippen molar-refractivity contribution in [1.82, 2.24) is 5.32 Å². The molecule has 0 aliphatic rings. The maximum absolute atomic E-state index is 13.2. The summed E-state index contributed by atoms with van der Waals surface area (Å²) in [5.74, 6) is -0.594. The molecular weight excluding hydrogens is 755 g/mol. The van der Waals surface area contributed by atoms with Gasteiger partial charge in [0.15, 0.2) is 0 Å². The van der Waals surface area contributed by atoms with Crippen molar-refractivity contribution in [1.29, 1.82) is 0 Å². The molecule has 6 heteroatoms. The number of amides is 1. The zero-order valence-electron chi connectivity index (χ0n) is 39.2. The highest BCUT2D eigenvalue weighted by Gasteiger charge is 2.24. The molecule has 0 bridgehead atoms. The fourth-order valence-corrected chi connectivity index (χ4v) is 6.80. The predicted molar refractivity (Wildman–Crippen MR) is 263 cm³/mol. The molecule has 1 amide bonds. The Bertz CT molecular complexity index is 1270. The Morgan fingerprint density at radius 2 is 0.984 bits per heavy atom. The van der Waals surface area contributed by atoms with Crippen molar-refractivity contribution in [2.75, 3.05) is 6.61 Å². The first kappa shape index (κ1) is 57.5. The van der Waals surface area contributed by atoms with Gasteiger partial charge in [0.25, 0.3) is 0 Å². The molecule has 0 spiro atoms. The SMILES string of the molecule is CC/C=C/C=C/C=C\C=C/C=C/CCCC(CC(=O)NC(CO)C(O)CCCCCCCCCCCCCCC)OC(=O)CCCCC/C=C/C/C=C/C/C=C/C/C=C/CC. The van der Waals surface area contributed by atoms with Crippen LogP contribution < -0.4 is 5.32 Å². The van der Waals surface area contributed by atoms with Gasteiger partial charge in [-0.1, -0.05) is 220 Å². The molecule has 0 heterocycles. The number of ether oxygens (including phenoxy) is 1. The van der Waals surface area contributed by atoms with E-state index in [0.29, 0.717) is 19.3 Å². The van der Waals surface area contributed by atoms with Gasteiger partial charge in [-0.25, -0.2) is 0 Å². The van der Waals surface area contributed by atoms with Crippen molar-refractivity contribution in [2.45, 2.75) is 219 Å². The van der Waals surface area contributed by atoms with Gasteiger partial charge in [0.05, 0.1) is 25.2 Å². The Kier molecular flexibility index (Phi) is 44.9. The Morgan fingerprint density at radius 3 is 1.54 bits per heavy atom. The third-order valence-corrected chi connectivity index (χ3v) is 10.5. The van der Waals surface area contributed by atoms with E-state index in [2.05, 4.69) is 86.8 Å². The topological polar surface area (TPSA) is 95.9 Å². The fraction of sp³-hybridized carbons (Fsp3) is 0.636. The Balaban J connectivity index is 4.76. The van der Waals surface area contributed by atoms with Gasteiger partial charge in [0.1, 0.15) is 6.10 Å². The number of rotatable bonds is 42. The highest BCUT2D eigenvalue weighted by Crippen LogP contribution is 2.16. The number of hydrogen-bond acceptors (Lipinski definition) is 5. The van der Waals surface area contributed by atoms with E-state index in [-0.39, 0.29) is 24.9 Å². The number of nitrogens with one attached hydrogen (secondary N) is 1. The molecule has 3 N–H and O–H groups in total. The molecule has 346 valence electrons. The summed E-state index contributed by atoms with van der Waals surface area (Å²) < 4.78 is 5.87. The number of hydrogen-bond donors (Lipinski definition) is 3. The van der Waals surface area contributed by atoms with Crippen LogP contribution in [-0.4, -0.2) is 46.9 Å². The van der Waals surface area contributed by atoms with Gasteiger partial charge in [-0.3, -0.25) is 9.59 Å². The monoisotopic (exact) mass is 846 g/mol. The van der Waals surface area contributed by atoms with Crippen molar-refractivity contribution in [3.63, 3.8) is 0 Å². The Hall–Kier alpha value is -3.48. The van der Waals surface area contributed by atoms with Crippen LogP contribution in [0.3, 0.4) is 0 Å². The molecule has 0 fully saturated rings. The molecule has 0 aromatic heterocycles. The molecule has 0 aliphatic heterocycles. The molecule has 0 saturated carbocycles. The second kappa shape index (κ2) is 47.6. The summed E-state index contributed by atoms with van der Waals surface area (Å²) in [5.41, 5.74) is 0. The molecule has 61 heavy (non-hydrogen) atoms. The number of carbonyl (C=O) groups excluding carboxylic acids is 2. The van der Waals surface area contributed by atoms with Crippen molar-refractivity contribution in [2.24, 2.45) is 0 Å². The Labute approximate surface area is 375 Å². The van der Waals surface area contributed by atoms with E-state index >= 15 is 0 Å². The minimum atomic E-state index is -0.818. The molecular formula is C55H91NO5. The van der Waals surface area contributed by atoms with E-state index in [1.165, 1.54) is 64.2 Å². The maximum atomic E-state index is 13.2. The van der Waals surface area contributed by atoms with Crippen LogP contribution in [0.2, 0.25) is 0 Å². The van der Waals surface area contributed by atoms with Gasteiger partial charge >= 0.3 is 5.97 Å². The van der Waals surface area contributed by atoms with Crippen molar-refractivity contribution >= 4 is 11.9 Å². The zero-order chi connectivity index (χ0) is 44.5. The van der Waals surface area contributed by atoms with Crippen LogP contribution in [-0.2, 0) is 14.3 Å². The van der Waals surface area contributed by atoms with Gasteiger partial charge in [0.2, 0.25) is 5.91 Å². The van der Waals surface area contributed by atoms with Crippen LogP contribution in [0.25, 0.3) is 0 Å².